The number of aryl methyl sites for hydroxylation is 2. The molecule has 2 aromatic carbocycles. The molecule has 2 atom stereocenters. The van der Waals surface area contributed by atoms with E-state index in [4.69, 9.17) is 4.74 Å². The minimum atomic E-state index is -0.509. The lowest BCUT2D eigenvalue weighted by Gasteiger charge is -2.31. The number of benzene rings is 2. The van der Waals surface area contributed by atoms with E-state index in [2.05, 4.69) is 42.3 Å². The van der Waals surface area contributed by atoms with Crippen molar-refractivity contribution in [2.45, 2.75) is 46.1 Å². The molecule has 2 unspecified atom stereocenters. The molecule has 1 heterocycles. The zero-order chi connectivity index (χ0) is 18.8. The molecule has 7 heteroatoms. The Morgan fingerprint density at radius 2 is 1.31 bits per heavy atom. The maximum atomic E-state index is 9.64. The SMILES string of the molecule is Cc1cc(CC2NSNC(Cc3cc(O)c(O)c(O)c3)O2)cc(C)c1C. The summed E-state index contributed by atoms with van der Waals surface area (Å²) in [6.07, 6.45) is 0.729. The second-order valence-electron chi connectivity index (χ2n) is 6.70. The molecule has 140 valence electrons. The fourth-order valence-electron chi connectivity index (χ4n) is 3.05. The van der Waals surface area contributed by atoms with Crippen molar-refractivity contribution < 1.29 is 20.1 Å². The predicted octanol–water partition coefficient (Wildman–Crippen LogP) is 2.94. The van der Waals surface area contributed by atoms with Crippen molar-refractivity contribution in [3.63, 3.8) is 0 Å². The van der Waals surface area contributed by atoms with Crippen molar-refractivity contribution in [2.24, 2.45) is 0 Å². The summed E-state index contributed by atoms with van der Waals surface area (Å²) in [5, 5.41) is 28.7. The maximum Gasteiger partial charge on any atom is 0.200 e. The molecular formula is C19H24N2O4S. The van der Waals surface area contributed by atoms with Crippen LogP contribution < -0.4 is 9.44 Å². The molecule has 6 nitrogen and oxygen atoms in total. The Morgan fingerprint density at radius 1 is 0.846 bits per heavy atom. The first kappa shape index (κ1) is 18.8. The predicted molar refractivity (Wildman–Crippen MR) is 102 cm³/mol. The van der Waals surface area contributed by atoms with Crippen molar-refractivity contribution in [3.05, 3.63) is 52.1 Å². The Hall–Kier alpha value is -1.93. The van der Waals surface area contributed by atoms with Gasteiger partial charge in [0.25, 0.3) is 0 Å². The van der Waals surface area contributed by atoms with Gasteiger partial charge in [-0.1, -0.05) is 12.1 Å². The summed E-state index contributed by atoms with van der Waals surface area (Å²) in [5.74, 6) is -1.20. The van der Waals surface area contributed by atoms with Crippen LogP contribution in [0.1, 0.15) is 27.8 Å². The summed E-state index contributed by atoms with van der Waals surface area (Å²) in [6.45, 7) is 6.36. The first-order valence-corrected chi connectivity index (χ1v) is 9.28. The molecule has 26 heavy (non-hydrogen) atoms. The summed E-state index contributed by atoms with van der Waals surface area (Å²) in [7, 11) is 0. The van der Waals surface area contributed by atoms with E-state index in [1.54, 1.807) is 0 Å². The second-order valence-corrected chi connectivity index (χ2v) is 7.37. The van der Waals surface area contributed by atoms with Crippen LogP contribution in [0.3, 0.4) is 0 Å². The number of nitrogens with one attached hydrogen (secondary N) is 2. The lowest BCUT2D eigenvalue weighted by Crippen LogP contribution is -2.46. The molecule has 5 N–H and O–H groups in total. The molecule has 0 aromatic heterocycles. The zero-order valence-corrected chi connectivity index (χ0v) is 15.9. The summed E-state index contributed by atoms with van der Waals surface area (Å²) >= 11 is 1.37. The average Bonchev–Trinajstić information content (AvgIpc) is 2.58. The number of hydrogen-bond donors (Lipinski definition) is 5. The Labute approximate surface area is 157 Å². The minimum Gasteiger partial charge on any atom is -0.504 e. The molecule has 0 bridgehead atoms. The van der Waals surface area contributed by atoms with Crippen LogP contribution in [0.2, 0.25) is 0 Å². The third-order valence-electron chi connectivity index (χ3n) is 4.67. The summed E-state index contributed by atoms with van der Waals surface area (Å²) in [5.41, 5.74) is 5.73. The first-order chi connectivity index (χ1) is 12.3. The van der Waals surface area contributed by atoms with Gasteiger partial charge in [0.2, 0.25) is 0 Å². The molecule has 0 amide bonds. The molecule has 0 saturated carbocycles. The van der Waals surface area contributed by atoms with E-state index in [1.807, 2.05) is 0 Å². The van der Waals surface area contributed by atoms with Gasteiger partial charge in [0.05, 0.1) is 0 Å². The van der Waals surface area contributed by atoms with Gasteiger partial charge in [-0.3, -0.25) is 0 Å². The van der Waals surface area contributed by atoms with Gasteiger partial charge >= 0.3 is 0 Å². The van der Waals surface area contributed by atoms with Gasteiger partial charge in [0.1, 0.15) is 12.5 Å². The quantitative estimate of drug-likeness (QED) is 0.414. The Bertz CT molecular complexity index is 701. The molecule has 1 aliphatic heterocycles. The van der Waals surface area contributed by atoms with E-state index in [0.717, 1.165) is 6.42 Å². The molecule has 3 rings (SSSR count). The van der Waals surface area contributed by atoms with Crippen LogP contribution >= 0.6 is 12.1 Å². The monoisotopic (exact) mass is 376 g/mol. The van der Waals surface area contributed by atoms with Crippen LogP contribution in [-0.2, 0) is 17.6 Å². The van der Waals surface area contributed by atoms with Gasteiger partial charge in [0.15, 0.2) is 17.2 Å². The van der Waals surface area contributed by atoms with E-state index in [1.165, 1.54) is 46.5 Å². The molecular weight excluding hydrogens is 352 g/mol. The van der Waals surface area contributed by atoms with Gasteiger partial charge in [-0.15, -0.1) is 0 Å². The van der Waals surface area contributed by atoms with Gasteiger partial charge < -0.3 is 20.1 Å². The average molecular weight is 376 g/mol. The smallest absolute Gasteiger partial charge is 0.200 e. The summed E-state index contributed by atoms with van der Waals surface area (Å²) in [4.78, 5) is 0. The number of ether oxygens (including phenoxy) is 1. The normalized spacial score (nSPS) is 20.3. The van der Waals surface area contributed by atoms with E-state index in [-0.39, 0.29) is 24.0 Å². The first-order valence-electron chi connectivity index (χ1n) is 8.46. The largest absolute Gasteiger partial charge is 0.504 e. The highest BCUT2D eigenvalue weighted by atomic mass is 32.2. The minimum absolute atomic E-state index is 0.160. The number of rotatable bonds is 4. The standard InChI is InChI=1S/C19H24N2O4S/c1-10-4-13(5-11(2)12(10)3)8-17-20-26-21-18(25-17)9-14-6-15(22)19(24)16(23)7-14/h4-7,17-18,20-24H,8-9H2,1-3H3. The van der Waals surface area contributed by atoms with E-state index < -0.39 is 5.75 Å². The van der Waals surface area contributed by atoms with E-state index in [9.17, 15) is 15.3 Å². The molecule has 2 aromatic rings. The molecule has 0 spiro atoms. The van der Waals surface area contributed by atoms with Gasteiger partial charge in [0, 0.05) is 25.0 Å². The molecule has 1 saturated heterocycles. The zero-order valence-electron chi connectivity index (χ0n) is 15.0. The summed E-state index contributed by atoms with van der Waals surface area (Å²) in [6, 6.07) is 7.22. The Kier molecular flexibility index (Phi) is 5.62. The Morgan fingerprint density at radius 3 is 1.81 bits per heavy atom. The lowest BCUT2D eigenvalue weighted by molar-refractivity contribution is -0.0299. The van der Waals surface area contributed by atoms with Crippen LogP contribution in [0.25, 0.3) is 0 Å². The van der Waals surface area contributed by atoms with Crippen LogP contribution in [0, 0.1) is 20.8 Å². The van der Waals surface area contributed by atoms with Crippen molar-refractivity contribution in [1.29, 1.82) is 0 Å². The highest BCUT2D eigenvalue weighted by Crippen LogP contribution is 2.36. The van der Waals surface area contributed by atoms with Crippen LogP contribution in [0.5, 0.6) is 17.2 Å². The van der Waals surface area contributed by atoms with Crippen LogP contribution in [0.4, 0.5) is 0 Å². The lowest BCUT2D eigenvalue weighted by atomic mass is 9.99. The molecule has 0 aliphatic carbocycles. The number of hydrogen-bond acceptors (Lipinski definition) is 7. The Balaban J connectivity index is 1.66. The fraction of sp³-hybridized carbons (Fsp3) is 0.368. The highest BCUT2D eigenvalue weighted by Gasteiger charge is 2.23. The third-order valence-corrected chi connectivity index (χ3v) is 5.43. The van der Waals surface area contributed by atoms with Gasteiger partial charge in [-0.05, 0) is 60.7 Å². The van der Waals surface area contributed by atoms with E-state index >= 15 is 0 Å². The summed E-state index contributed by atoms with van der Waals surface area (Å²) < 4.78 is 12.4. The number of phenolic OH excluding ortho intramolecular Hbond substituents is 3. The molecule has 1 fully saturated rings. The second kappa shape index (κ2) is 7.75. The highest BCUT2D eigenvalue weighted by molar-refractivity contribution is 7.95. The number of aromatic hydroxyl groups is 3. The maximum absolute atomic E-state index is 9.64. The third kappa shape index (κ3) is 4.24. The van der Waals surface area contributed by atoms with Gasteiger partial charge in [-0.2, -0.15) is 0 Å². The van der Waals surface area contributed by atoms with Crippen LogP contribution in [-0.4, -0.2) is 27.8 Å². The van der Waals surface area contributed by atoms with Crippen LogP contribution in [0.15, 0.2) is 24.3 Å². The van der Waals surface area contributed by atoms with E-state index in [0.29, 0.717) is 12.0 Å². The van der Waals surface area contributed by atoms with Crippen molar-refractivity contribution in [3.8, 4) is 17.2 Å². The topological polar surface area (TPSA) is 94.0 Å². The van der Waals surface area contributed by atoms with Crippen molar-refractivity contribution in [1.82, 2.24) is 9.44 Å². The fourth-order valence-corrected chi connectivity index (χ4v) is 3.66. The molecule has 0 radical (unpaired) electrons. The molecule has 1 aliphatic rings. The van der Waals surface area contributed by atoms with Crippen molar-refractivity contribution >= 4 is 12.1 Å². The van der Waals surface area contributed by atoms with Crippen molar-refractivity contribution in [2.75, 3.05) is 0 Å². The van der Waals surface area contributed by atoms with Gasteiger partial charge in [-0.25, -0.2) is 9.44 Å². The number of phenols is 3.